The Morgan fingerprint density at radius 1 is 0.889 bits per heavy atom. The molecule has 2 aromatic heterocycles. The van der Waals surface area contributed by atoms with E-state index in [1.54, 1.807) is 6.07 Å². The molecule has 180 valence electrons. The van der Waals surface area contributed by atoms with Crippen molar-refractivity contribution in [3.63, 3.8) is 0 Å². The molecule has 5 rings (SSSR count). The Bertz CT molecular complexity index is 1570. The topological polar surface area (TPSA) is 122 Å². The van der Waals surface area contributed by atoms with E-state index in [1.807, 2.05) is 60.7 Å². The predicted molar refractivity (Wildman–Crippen MR) is 135 cm³/mol. The second kappa shape index (κ2) is 9.79. The molecule has 0 aliphatic rings. The van der Waals surface area contributed by atoms with E-state index >= 15 is 0 Å². The number of para-hydroxylation sites is 1. The Morgan fingerprint density at radius 3 is 2.44 bits per heavy atom. The number of benzene rings is 3. The van der Waals surface area contributed by atoms with Gasteiger partial charge in [-0.1, -0.05) is 60.7 Å². The second-order valence-electron chi connectivity index (χ2n) is 8.20. The summed E-state index contributed by atoms with van der Waals surface area (Å²) in [5, 5.41) is 21.3. The van der Waals surface area contributed by atoms with E-state index in [9.17, 15) is 14.7 Å². The van der Waals surface area contributed by atoms with Gasteiger partial charge >= 0.3 is 12.1 Å². The number of rotatable bonds is 8. The lowest BCUT2D eigenvalue weighted by Crippen LogP contribution is -2.06. The zero-order chi connectivity index (χ0) is 25.1. The molecule has 0 saturated heterocycles. The number of carboxylic acid groups (broad SMARTS) is 2. The first-order valence-corrected chi connectivity index (χ1v) is 11.4. The van der Waals surface area contributed by atoms with Gasteiger partial charge in [-0.15, -0.1) is 0 Å². The van der Waals surface area contributed by atoms with Crippen LogP contribution in [0.5, 0.6) is 11.6 Å². The highest BCUT2D eigenvalue weighted by molar-refractivity contribution is 5.98. The average molecular weight is 482 g/mol. The van der Waals surface area contributed by atoms with Crippen LogP contribution < -0.4 is 9.47 Å². The first-order valence-electron chi connectivity index (χ1n) is 11.4. The number of aromatic nitrogens is 2. The molecule has 3 N–H and O–H groups in total. The Hall–Kier alpha value is -4.85. The minimum absolute atomic E-state index is 0.0563. The zero-order valence-corrected chi connectivity index (χ0v) is 19.1. The van der Waals surface area contributed by atoms with Gasteiger partial charge in [-0.2, -0.15) is 0 Å². The molecule has 8 nitrogen and oxygen atoms in total. The van der Waals surface area contributed by atoms with Crippen molar-refractivity contribution in [3.8, 4) is 22.8 Å². The third-order valence-electron chi connectivity index (χ3n) is 5.96. The van der Waals surface area contributed by atoms with Gasteiger partial charge in [0.2, 0.25) is 5.88 Å². The second-order valence-corrected chi connectivity index (χ2v) is 8.20. The van der Waals surface area contributed by atoms with E-state index in [0.29, 0.717) is 30.5 Å². The number of carboxylic acids is 1. The van der Waals surface area contributed by atoms with Gasteiger partial charge in [-0.3, -0.25) is 0 Å². The quantitative estimate of drug-likeness (QED) is 0.179. The Labute approximate surface area is 205 Å². The molecule has 0 unspecified atom stereocenters. The lowest BCUT2D eigenvalue weighted by Gasteiger charge is -2.10. The molecular weight excluding hydrogens is 460 g/mol. The molecule has 36 heavy (non-hydrogen) atoms. The van der Waals surface area contributed by atoms with Gasteiger partial charge < -0.3 is 24.7 Å². The number of aryl methyl sites for hydroxylation is 1. The molecule has 0 bridgehead atoms. The maximum absolute atomic E-state index is 11.4. The molecule has 0 aliphatic carbocycles. The van der Waals surface area contributed by atoms with Crippen LogP contribution >= 0.6 is 0 Å². The molecular formula is C28H22N2O6. The van der Waals surface area contributed by atoms with Crippen LogP contribution in [0.3, 0.4) is 0 Å². The fourth-order valence-corrected chi connectivity index (χ4v) is 4.35. The van der Waals surface area contributed by atoms with E-state index in [2.05, 4.69) is 9.97 Å². The molecule has 0 saturated carbocycles. The molecule has 0 aliphatic heterocycles. The molecule has 2 heterocycles. The lowest BCUT2D eigenvalue weighted by molar-refractivity contribution is 0.0690. The highest BCUT2D eigenvalue weighted by Gasteiger charge is 2.18. The summed E-state index contributed by atoms with van der Waals surface area (Å²) < 4.78 is 11.1. The van der Waals surface area contributed by atoms with Crippen molar-refractivity contribution < 1.29 is 29.3 Å². The largest absolute Gasteiger partial charge is 0.512 e. The Morgan fingerprint density at radius 2 is 1.67 bits per heavy atom. The summed E-state index contributed by atoms with van der Waals surface area (Å²) in [5.74, 6) is -0.149. The monoisotopic (exact) mass is 482 g/mol. The third kappa shape index (κ3) is 4.56. The zero-order valence-electron chi connectivity index (χ0n) is 19.1. The van der Waals surface area contributed by atoms with Gasteiger partial charge in [0.25, 0.3) is 0 Å². The van der Waals surface area contributed by atoms with Crippen molar-refractivity contribution in [2.75, 3.05) is 6.61 Å². The van der Waals surface area contributed by atoms with Gasteiger partial charge in [0, 0.05) is 33.7 Å². The van der Waals surface area contributed by atoms with Crippen molar-refractivity contribution in [3.05, 3.63) is 90.3 Å². The fraction of sp³-hybridized carbons (Fsp3) is 0.107. The molecule has 0 atom stereocenters. The summed E-state index contributed by atoms with van der Waals surface area (Å²) in [7, 11) is 0. The van der Waals surface area contributed by atoms with Crippen molar-refractivity contribution in [1.29, 1.82) is 0 Å². The average Bonchev–Trinajstić information content (AvgIpc) is 3.23. The number of aromatic carboxylic acids is 1. The number of ether oxygens (including phenoxy) is 2. The Kier molecular flexibility index (Phi) is 6.23. The molecule has 0 fully saturated rings. The van der Waals surface area contributed by atoms with Crippen molar-refractivity contribution in [2.24, 2.45) is 0 Å². The molecule has 0 spiro atoms. The first kappa shape index (κ1) is 22.9. The van der Waals surface area contributed by atoms with E-state index in [-0.39, 0.29) is 11.6 Å². The third-order valence-corrected chi connectivity index (χ3v) is 5.96. The van der Waals surface area contributed by atoms with Crippen LogP contribution in [-0.2, 0) is 6.42 Å². The number of H-pyrrole nitrogens is 1. The highest BCUT2D eigenvalue weighted by Crippen LogP contribution is 2.36. The summed E-state index contributed by atoms with van der Waals surface area (Å²) >= 11 is 0. The summed E-state index contributed by atoms with van der Waals surface area (Å²) in [5.41, 5.74) is 2.80. The number of hydrogen-bond donors (Lipinski definition) is 3. The number of pyridine rings is 1. The normalized spacial score (nSPS) is 11.0. The molecule has 0 amide bonds. The standard InChI is InChI=1S/C28H22N2O6/c31-27(32)23-14-13-18(16-29-23)20-9-4-10-21-22(26(30-25(20)21)36-28(33)34)11-5-15-35-24-12-3-7-17-6-1-2-8-19(17)24/h1-4,6-10,12-14,16,30H,5,11,15H2,(H,31,32)(H,33,34). The molecule has 8 heteroatoms. The van der Waals surface area contributed by atoms with E-state index in [4.69, 9.17) is 14.6 Å². The minimum atomic E-state index is -1.41. The number of nitrogens with zero attached hydrogens (tertiary/aromatic N) is 1. The number of carbonyl (C=O) groups is 2. The van der Waals surface area contributed by atoms with Gasteiger partial charge in [-0.05, 0) is 30.4 Å². The molecule has 3 aromatic carbocycles. The van der Waals surface area contributed by atoms with E-state index < -0.39 is 12.1 Å². The molecule has 5 aromatic rings. The fourth-order valence-electron chi connectivity index (χ4n) is 4.35. The number of fused-ring (bicyclic) bond motifs is 2. The van der Waals surface area contributed by atoms with Gasteiger partial charge in [0.15, 0.2) is 0 Å². The van der Waals surface area contributed by atoms with Crippen molar-refractivity contribution in [2.45, 2.75) is 12.8 Å². The minimum Gasteiger partial charge on any atom is -0.493 e. The summed E-state index contributed by atoms with van der Waals surface area (Å²) in [4.78, 5) is 29.6. The van der Waals surface area contributed by atoms with Crippen LogP contribution in [0.25, 0.3) is 32.8 Å². The van der Waals surface area contributed by atoms with Gasteiger partial charge in [0.1, 0.15) is 11.4 Å². The maximum atomic E-state index is 11.4. The van der Waals surface area contributed by atoms with Crippen LogP contribution in [-0.4, -0.2) is 38.9 Å². The SMILES string of the molecule is O=C(O)Oc1[nH]c2c(-c3ccc(C(=O)O)nc3)cccc2c1CCCOc1cccc2ccccc12. The summed E-state index contributed by atoms with van der Waals surface area (Å²) in [6.07, 6.45) is 1.22. The maximum Gasteiger partial charge on any atom is 0.512 e. The van der Waals surface area contributed by atoms with Crippen LogP contribution in [0.4, 0.5) is 4.79 Å². The Balaban J connectivity index is 1.41. The van der Waals surface area contributed by atoms with Gasteiger partial charge in [0.05, 0.1) is 12.1 Å². The lowest BCUT2D eigenvalue weighted by atomic mass is 10.0. The van der Waals surface area contributed by atoms with E-state index in [0.717, 1.165) is 33.0 Å². The molecule has 0 radical (unpaired) electrons. The van der Waals surface area contributed by atoms with Crippen LogP contribution in [0.2, 0.25) is 0 Å². The van der Waals surface area contributed by atoms with Crippen LogP contribution in [0.1, 0.15) is 22.5 Å². The van der Waals surface area contributed by atoms with Crippen molar-refractivity contribution >= 4 is 33.8 Å². The predicted octanol–water partition coefficient (Wildman–Crippen LogP) is 6.15. The van der Waals surface area contributed by atoms with Crippen LogP contribution in [0.15, 0.2) is 79.0 Å². The van der Waals surface area contributed by atoms with Crippen LogP contribution in [0, 0.1) is 0 Å². The summed E-state index contributed by atoms with van der Waals surface area (Å²) in [6, 6.07) is 22.6. The van der Waals surface area contributed by atoms with Crippen molar-refractivity contribution in [1.82, 2.24) is 9.97 Å². The van der Waals surface area contributed by atoms with E-state index in [1.165, 1.54) is 12.3 Å². The number of hydrogen-bond acceptors (Lipinski definition) is 5. The van der Waals surface area contributed by atoms with Gasteiger partial charge in [-0.25, -0.2) is 14.6 Å². The first-order chi connectivity index (χ1) is 17.5. The number of nitrogens with one attached hydrogen (secondary N) is 1. The number of aromatic amines is 1. The highest BCUT2D eigenvalue weighted by atomic mass is 16.7. The smallest absolute Gasteiger partial charge is 0.493 e. The summed E-state index contributed by atoms with van der Waals surface area (Å²) in [6.45, 7) is 0.438.